The maximum Gasteiger partial charge on any atom is 0.139 e. The first-order valence-corrected chi connectivity index (χ1v) is 9.00. The molecule has 0 amide bonds. The largest absolute Gasteiger partial charge is 0.149 e. The minimum atomic E-state index is -0.199. The number of nitrogens with zero attached hydrogens (tertiary/aromatic N) is 2. The topological polar surface area (TPSA) is 25.8 Å². The normalized spacial score (nSPS) is 12.4. The van der Waals surface area contributed by atoms with E-state index in [1.807, 2.05) is 41.7 Å². The average molecular weight is 335 g/mol. The minimum Gasteiger partial charge on any atom is -0.149 e. The molecule has 1 unspecified atom stereocenters. The molecule has 0 aliphatic rings. The molecule has 0 spiro atoms. The molecular weight excluding hydrogens is 320 g/mol. The predicted octanol–water partition coefficient (Wildman–Crippen LogP) is 5.10. The lowest BCUT2D eigenvalue weighted by molar-refractivity contribution is 0.806. The van der Waals surface area contributed by atoms with E-state index in [-0.39, 0.29) is 5.38 Å². The van der Waals surface area contributed by atoms with Crippen LogP contribution < -0.4 is 0 Å². The Morgan fingerprint density at radius 2 is 1.86 bits per heavy atom. The molecule has 3 rings (SSSR count). The van der Waals surface area contributed by atoms with E-state index in [4.69, 9.17) is 11.6 Å². The highest BCUT2D eigenvalue weighted by Gasteiger charge is 2.15. The summed E-state index contributed by atoms with van der Waals surface area (Å²) in [7, 11) is 0. The third kappa shape index (κ3) is 3.90. The number of rotatable bonds is 6. The molecule has 5 heteroatoms. The maximum atomic E-state index is 6.47. The standard InChI is InChI=1S/C16H15ClN2S2/c17-15(12-6-2-1-3-7-12)16-19-18-14(21-16)10-4-8-13-9-5-11-20-13/h1-3,5-7,9,11,15H,4,8,10H2. The summed E-state index contributed by atoms with van der Waals surface area (Å²) >= 11 is 9.90. The Balaban J connectivity index is 1.58. The van der Waals surface area contributed by atoms with E-state index in [1.165, 1.54) is 4.88 Å². The van der Waals surface area contributed by atoms with Crippen molar-refractivity contribution in [3.8, 4) is 0 Å². The second-order valence-electron chi connectivity index (χ2n) is 4.74. The van der Waals surface area contributed by atoms with Crippen molar-refractivity contribution in [1.29, 1.82) is 0 Å². The van der Waals surface area contributed by atoms with Crippen molar-refractivity contribution in [3.63, 3.8) is 0 Å². The molecule has 3 aromatic rings. The number of alkyl halides is 1. The summed E-state index contributed by atoms with van der Waals surface area (Å²) in [4.78, 5) is 1.43. The number of benzene rings is 1. The molecule has 2 heterocycles. The van der Waals surface area contributed by atoms with Crippen LogP contribution in [0.25, 0.3) is 0 Å². The van der Waals surface area contributed by atoms with E-state index in [9.17, 15) is 0 Å². The van der Waals surface area contributed by atoms with Gasteiger partial charge in [0.05, 0.1) is 0 Å². The quantitative estimate of drug-likeness (QED) is 0.586. The highest BCUT2D eigenvalue weighted by atomic mass is 35.5. The van der Waals surface area contributed by atoms with Crippen LogP contribution in [-0.2, 0) is 12.8 Å². The second kappa shape index (κ2) is 7.16. The van der Waals surface area contributed by atoms with Gasteiger partial charge in [0.25, 0.3) is 0 Å². The van der Waals surface area contributed by atoms with Gasteiger partial charge in [-0.1, -0.05) is 47.7 Å². The summed E-state index contributed by atoms with van der Waals surface area (Å²) in [5.74, 6) is 0. The smallest absolute Gasteiger partial charge is 0.139 e. The van der Waals surface area contributed by atoms with Crippen LogP contribution in [0.1, 0.15) is 32.3 Å². The summed E-state index contributed by atoms with van der Waals surface area (Å²) in [5, 5.41) is 12.4. The van der Waals surface area contributed by atoms with Crippen LogP contribution in [-0.4, -0.2) is 10.2 Å². The maximum absolute atomic E-state index is 6.47. The number of halogens is 1. The van der Waals surface area contributed by atoms with Gasteiger partial charge in [-0.25, -0.2) is 0 Å². The molecule has 0 saturated heterocycles. The molecule has 0 aliphatic carbocycles. The lowest BCUT2D eigenvalue weighted by atomic mass is 10.1. The SMILES string of the molecule is ClC(c1ccccc1)c1nnc(CCCc2cccs2)s1. The Hall–Kier alpha value is -1.23. The summed E-state index contributed by atoms with van der Waals surface area (Å²) in [5.41, 5.74) is 1.07. The van der Waals surface area contributed by atoms with Crippen LogP contribution in [0.5, 0.6) is 0 Å². The van der Waals surface area contributed by atoms with Gasteiger partial charge in [-0.3, -0.25) is 0 Å². The van der Waals surface area contributed by atoms with E-state index in [1.54, 1.807) is 11.3 Å². The van der Waals surface area contributed by atoms with Crippen molar-refractivity contribution < 1.29 is 0 Å². The zero-order chi connectivity index (χ0) is 14.5. The van der Waals surface area contributed by atoms with Gasteiger partial charge in [0, 0.05) is 11.3 Å². The van der Waals surface area contributed by atoms with Crippen LogP contribution in [0.3, 0.4) is 0 Å². The lowest BCUT2D eigenvalue weighted by Gasteiger charge is -2.04. The summed E-state index contributed by atoms with van der Waals surface area (Å²) in [6.45, 7) is 0. The molecule has 108 valence electrons. The number of hydrogen-bond donors (Lipinski definition) is 0. The number of aromatic nitrogens is 2. The summed E-state index contributed by atoms with van der Waals surface area (Å²) < 4.78 is 0. The Morgan fingerprint density at radius 3 is 2.62 bits per heavy atom. The molecule has 0 N–H and O–H groups in total. The first-order chi connectivity index (χ1) is 10.3. The van der Waals surface area contributed by atoms with E-state index < -0.39 is 0 Å². The van der Waals surface area contributed by atoms with Crippen molar-refractivity contribution in [3.05, 3.63) is 68.3 Å². The van der Waals surface area contributed by atoms with Crippen LogP contribution in [0, 0.1) is 0 Å². The van der Waals surface area contributed by atoms with E-state index in [0.717, 1.165) is 34.8 Å². The third-order valence-corrected chi connectivity index (χ3v) is 5.76. The van der Waals surface area contributed by atoms with E-state index >= 15 is 0 Å². The fourth-order valence-corrected chi connectivity index (χ4v) is 4.07. The van der Waals surface area contributed by atoms with Crippen LogP contribution in [0.15, 0.2) is 47.8 Å². The van der Waals surface area contributed by atoms with Gasteiger partial charge >= 0.3 is 0 Å². The molecule has 0 saturated carbocycles. The van der Waals surface area contributed by atoms with Crippen molar-refractivity contribution in [2.24, 2.45) is 0 Å². The number of hydrogen-bond acceptors (Lipinski definition) is 4. The van der Waals surface area contributed by atoms with Crippen molar-refractivity contribution in [1.82, 2.24) is 10.2 Å². The van der Waals surface area contributed by atoms with Gasteiger partial charge in [-0.2, -0.15) is 0 Å². The van der Waals surface area contributed by atoms with Gasteiger partial charge in [0.1, 0.15) is 15.4 Å². The zero-order valence-electron chi connectivity index (χ0n) is 11.4. The molecule has 21 heavy (non-hydrogen) atoms. The molecule has 1 aromatic carbocycles. The van der Waals surface area contributed by atoms with Gasteiger partial charge in [0.2, 0.25) is 0 Å². The molecule has 0 fully saturated rings. The molecular formula is C16H15ClN2S2. The van der Waals surface area contributed by atoms with Crippen LogP contribution >= 0.6 is 34.3 Å². The third-order valence-electron chi connectivity index (χ3n) is 3.19. The molecule has 0 radical (unpaired) electrons. The van der Waals surface area contributed by atoms with Crippen LogP contribution in [0.2, 0.25) is 0 Å². The minimum absolute atomic E-state index is 0.199. The Kier molecular flexibility index (Phi) is 5.01. The fourth-order valence-electron chi connectivity index (χ4n) is 2.10. The van der Waals surface area contributed by atoms with Crippen molar-refractivity contribution >= 4 is 34.3 Å². The fraction of sp³-hybridized carbons (Fsp3) is 0.250. The first kappa shape index (κ1) is 14.7. The first-order valence-electron chi connectivity index (χ1n) is 6.86. The number of aryl methyl sites for hydroxylation is 2. The van der Waals surface area contributed by atoms with Crippen molar-refractivity contribution in [2.45, 2.75) is 24.6 Å². The monoisotopic (exact) mass is 334 g/mol. The van der Waals surface area contributed by atoms with Crippen molar-refractivity contribution in [2.75, 3.05) is 0 Å². The van der Waals surface area contributed by atoms with E-state index in [0.29, 0.717) is 0 Å². The van der Waals surface area contributed by atoms with Gasteiger partial charge in [-0.05, 0) is 29.9 Å². The number of thiophene rings is 1. The summed E-state index contributed by atoms with van der Waals surface area (Å²) in [6.07, 6.45) is 3.18. The highest BCUT2D eigenvalue weighted by Crippen LogP contribution is 2.31. The highest BCUT2D eigenvalue weighted by molar-refractivity contribution is 7.11. The average Bonchev–Trinajstić information content (AvgIpc) is 3.19. The Morgan fingerprint density at radius 1 is 1.00 bits per heavy atom. The summed E-state index contributed by atoms with van der Waals surface area (Å²) in [6, 6.07) is 14.3. The molecule has 0 aliphatic heterocycles. The Labute approximate surface area is 137 Å². The van der Waals surface area contributed by atoms with Crippen LogP contribution in [0.4, 0.5) is 0 Å². The second-order valence-corrected chi connectivity index (χ2v) is 7.30. The van der Waals surface area contributed by atoms with Gasteiger partial charge < -0.3 is 0 Å². The van der Waals surface area contributed by atoms with Gasteiger partial charge in [-0.15, -0.1) is 33.1 Å². The zero-order valence-corrected chi connectivity index (χ0v) is 13.8. The van der Waals surface area contributed by atoms with E-state index in [2.05, 4.69) is 27.7 Å². The Bertz CT molecular complexity index is 665. The molecule has 2 aromatic heterocycles. The predicted molar refractivity (Wildman–Crippen MR) is 90.4 cm³/mol. The van der Waals surface area contributed by atoms with Gasteiger partial charge in [0.15, 0.2) is 0 Å². The molecule has 0 bridgehead atoms. The lowest BCUT2D eigenvalue weighted by Crippen LogP contribution is -1.91. The molecule has 2 nitrogen and oxygen atoms in total. The molecule has 1 atom stereocenters.